The third-order valence-electron chi connectivity index (χ3n) is 3.16. The van der Waals surface area contributed by atoms with Gasteiger partial charge in [0, 0.05) is 10.0 Å². The van der Waals surface area contributed by atoms with Crippen molar-refractivity contribution in [1.82, 2.24) is 0 Å². The number of benzene rings is 3. The number of hydrogen-bond acceptors (Lipinski definition) is 3. The van der Waals surface area contributed by atoms with Crippen LogP contribution in [-0.2, 0) is 0 Å². The molecule has 0 spiro atoms. The van der Waals surface area contributed by atoms with Crippen LogP contribution in [0.2, 0.25) is 0 Å². The zero-order valence-electron chi connectivity index (χ0n) is 11.1. The number of phenolic OH excluding ortho intramolecular Hbond substituents is 1. The molecule has 4 heteroatoms. The summed E-state index contributed by atoms with van der Waals surface area (Å²) in [6.45, 7) is 0. The van der Waals surface area contributed by atoms with Crippen LogP contribution in [0.1, 0.15) is 5.56 Å². The normalized spacial score (nSPS) is 11.1. The van der Waals surface area contributed by atoms with E-state index in [0.717, 1.165) is 20.9 Å². The largest absolute Gasteiger partial charge is 0.507 e. The van der Waals surface area contributed by atoms with Gasteiger partial charge in [0.25, 0.3) is 0 Å². The van der Waals surface area contributed by atoms with Gasteiger partial charge in [0.1, 0.15) is 5.75 Å². The molecule has 0 heterocycles. The molecule has 0 saturated heterocycles. The van der Waals surface area contributed by atoms with Gasteiger partial charge in [-0.2, -0.15) is 5.10 Å². The predicted molar refractivity (Wildman–Crippen MR) is 91.0 cm³/mol. The SMILES string of the molecule is Oc1ccc2cc(Br)ccc2c1/C=N/Nc1ccccc1. The van der Waals surface area contributed by atoms with Crippen LogP contribution in [0.25, 0.3) is 10.8 Å². The molecular formula is C17H13BrN2O. The van der Waals surface area contributed by atoms with Gasteiger partial charge >= 0.3 is 0 Å². The van der Waals surface area contributed by atoms with Crippen molar-refractivity contribution in [2.45, 2.75) is 0 Å². The van der Waals surface area contributed by atoms with Gasteiger partial charge in [0.05, 0.1) is 11.9 Å². The second-order valence-electron chi connectivity index (χ2n) is 4.60. The summed E-state index contributed by atoms with van der Waals surface area (Å²) in [4.78, 5) is 0. The maximum atomic E-state index is 10.0. The smallest absolute Gasteiger partial charge is 0.125 e. The van der Waals surface area contributed by atoms with Crippen molar-refractivity contribution < 1.29 is 5.11 Å². The van der Waals surface area contributed by atoms with Crippen LogP contribution in [-0.4, -0.2) is 11.3 Å². The number of para-hydroxylation sites is 1. The molecule has 0 radical (unpaired) electrons. The minimum absolute atomic E-state index is 0.212. The van der Waals surface area contributed by atoms with Gasteiger partial charge in [-0.05, 0) is 41.1 Å². The summed E-state index contributed by atoms with van der Waals surface area (Å²) in [5.41, 5.74) is 4.54. The number of hydrogen-bond donors (Lipinski definition) is 2. The van der Waals surface area contributed by atoms with E-state index < -0.39 is 0 Å². The van der Waals surface area contributed by atoms with Gasteiger partial charge < -0.3 is 5.11 Å². The quantitative estimate of drug-likeness (QED) is 0.533. The van der Waals surface area contributed by atoms with Crippen LogP contribution in [0.3, 0.4) is 0 Å². The average molecular weight is 341 g/mol. The van der Waals surface area contributed by atoms with E-state index in [2.05, 4.69) is 26.5 Å². The molecule has 0 fully saturated rings. The first-order valence-electron chi connectivity index (χ1n) is 6.49. The second kappa shape index (κ2) is 5.97. The molecule has 0 aliphatic heterocycles. The fourth-order valence-electron chi connectivity index (χ4n) is 2.13. The van der Waals surface area contributed by atoms with E-state index in [1.165, 1.54) is 0 Å². The summed E-state index contributed by atoms with van der Waals surface area (Å²) >= 11 is 3.45. The maximum absolute atomic E-state index is 10.0. The molecule has 0 aliphatic carbocycles. The van der Waals surface area contributed by atoms with E-state index >= 15 is 0 Å². The van der Waals surface area contributed by atoms with E-state index in [9.17, 15) is 5.11 Å². The first-order valence-corrected chi connectivity index (χ1v) is 7.29. The highest BCUT2D eigenvalue weighted by molar-refractivity contribution is 9.10. The van der Waals surface area contributed by atoms with Crippen molar-refractivity contribution in [2.24, 2.45) is 5.10 Å². The van der Waals surface area contributed by atoms with Crippen molar-refractivity contribution in [1.29, 1.82) is 0 Å². The number of phenols is 1. The van der Waals surface area contributed by atoms with Crippen molar-refractivity contribution in [3.8, 4) is 5.75 Å². The minimum Gasteiger partial charge on any atom is -0.507 e. The molecule has 0 bridgehead atoms. The zero-order chi connectivity index (χ0) is 14.7. The Bertz CT molecular complexity index is 800. The standard InChI is InChI=1S/C17H13BrN2O/c18-13-7-8-15-12(10-13)6-9-17(21)16(15)11-19-20-14-4-2-1-3-5-14/h1-11,20-21H/b19-11+. The van der Waals surface area contributed by atoms with Crippen LogP contribution in [0.5, 0.6) is 5.75 Å². The second-order valence-corrected chi connectivity index (χ2v) is 5.52. The van der Waals surface area contributed by atoms with Gasteiger partial charge in [-0.1, -0.05) is 46.3 Å². The van der Waals surface area contributed by atoms with E-state index in [-0.39, 0.29) is 5.75 Å². The Hall–Kier alpha value is -2.33. The van der Waals surface area contributed by atoms with Crippen LogP contribution in [0.4, 0.5) is 5.69 Å². The lowest BCUT2D eigenvalue weighted by Crippen LogP contribution is -1.92. The van der Waals surface area contributed by atoms with Gasteiger partial charge in [0.15, 0.2) is 0 Å². The first-order chi connectivity index (χ1) is 10.2. The summed E-state index contributed by atoms with van der Waals surface area (Å²) in [6, 6.07) is 19.2. The lowest BCUT2D eigenvalue weighted by Gasteiger charge is -2.06. The van der Waals surface area contributed by atoms with Crippen molar-refractivity contribution in [2.75, 3.05) is 5.43 Å². The molecule has 3 aromatic carbocycles. The van der Waals surface area contributed by atoms with Gasteiger partial charge in [-0.15, -0.1) is 0 Å². The molecule has 0 saturated carbocycles. The predicted octanol–water partition coefficient (Wildman–Crippen LogP) is 4.75. The molecule has 0 aliphatic rings. The third kappa shape index (κ3) is 3.06. The third-order valence-corrected chi connectivity index (χ3v) is 3.65. The Labute approximate surface area is 131 Å². The van der Waals surface area contributed by atoms with Gasteiger partial charge in [0.2, 0.25) is 0 Å². The number of halogens is 1. The molecule has 2 N–H and O–H groups in total. The molecule has 0 amide bonds. The highest BCUT2D eigenvalue weighted by atomic mass is 79.9. The molecule has 0 unspecified atom stereocenters. The Balaban J connectivity index is 1.94. The summed E-state index contributed by atoms with van der Waals surface area (Å²) in [5.74, 6) is 0.212. The molecule has 3 nitrogen and oxygen atoms in total. The van der Waals surface area contributed by atoms with Crippen LogP contribution in [0.15, 0.2) is 70.2 Å². The molecule has 0 atom stereocenters. The van der Waals surface area contributed by atoms with Crippen LogP contribution >= 0.6 is 15.9 Å². The number of nitrogens with one attached hydrogen (secondary N) is 1. The molecule has 0 aromatic heterocycles. The molecule has 21 heavy (non-hydrogen) atoms. The number of aromatic hydroxyl groups is 1. The fourth-order valence-corrected chi connectivity index (χ4v) is 2.51. The minimum atomic E-state index is 0.212. The topological polar surface area (TPSA) is 44.6 Å². The first kappa shape index (κ1) is 13.6. The number of fused-ring (bicyclic) bond motifs is 1. The number of nitrogens with zero attached hydrogens (tertiary/aromatic N) is 1. The fraction of sp³-hybridized carbons (Fsp3) is 0. The van der Waals surface area contributed by atoms with Crippen LogP contribution < -0.4 is 5.43 Å². The Morgan fingerprint density at radius 3 is 2.62 bits per heavy atom. The molecule has 3 rings (SSSR count). The van der Waals surface area contributed by atoms with Crippen molar-refractivity contribution in [3.63, 3.8) is 0 Å². The van der Waals surface area contributed by atoms with E-state index in [4.69, 9.17) is 0 Å². The van der Waals surface area contributed by atoms with Crippen molar-refractivity contribution in [3.05, 3.63) is 70.7 Å². The molecular weight excluding hydrogens is 328 g/mol. The summed E-state index contributed by atoms with van der Waals surface area (Å²) in [7, 11) is 0. The van der Waals surface area contributed by atoms with Gasteiger partial charge in [-0.25, -0.2) is 0 Å². The average Bonchev–Trinajstić information content (AvgIpc) is 2.50. The van der Waals surface area contributed by atoms with Crippen LogP contribution in [0, 0.1) is 0 Å². The Kier molecular flexibility index (Phi) is 3.88. The van der Waals surface area contributed by atoms with E-state index in [1.807, 2.05) is 54.6 Å². The lowest BCUT2D eigenvalue weighted by molar-refractivity contribution is 0.475. The maximum Gasteiger partial charge on any atom is 0.125 e. The monoisotopic (exact) mass is 340 g/mol. The van der Waals surface area contributed by atoms with E-state index in [0.29, 0.717) is 5.56 Å². The Morgan fingerprint density at radius 2 is 1.81 bits per heavy atom. The highest BCUT2D eigenvalue weighted by Crippen LogP contribution is 2.28. The summed E-state index contributed by atoms with van der Waals surface area (Å²) < 4.78 is 1.01. The van der Waals surface area contributed by atoms with Gasteiger partial charge in [-0.3, -0.25) is 5.43 Å². The van der Waals surface area contributed by atoms with Crippen molar-refractivity contribution >= 4 is 38.6 Å². The van der Waals surface area contributed by atoms with E-state index in [1.54, 1.807) is 12.3 Å². The zero-order valence-corrected chi connectivity index (χ0v) is 12.7. The lowest BCUT2D eigenvalue weighted by atomic mass is 10.0. The number of hydrazone groups is 1. The number of anilines is 1. The highest BCUT2D eigenvalue weighted by Gasteiger charge is 2.05. The Morgan fingerprint density at radius 1 is 1.00 bits per heavy atom. The molecule has 104 valence electrons. The molecule has 3 aromatic rings. The summed E-state index contributed by atoms with van der Waals surface area (Å²) in [5, 5.41) is 16.2. The number of rotatable bonds is 3. The summed E-state index contributed by atoms with van der Waals surface area (Å²) in [6.07, 6.45) is 1.64.